The molecule has 0 aromatic heterocycles. The molecule has 1 aliphatic rings. The molecule has 0 spiro atoms. The van der Waals surface area contributed by atoms with Crippen molar-refractivity contribution in [1.82, 2.24) is 9.79 Å². The fraction of sp³-hybridized carbons (Fsp3) is 0.316. The number of amides is 1. The minimum atomic E-state index is -4.46. The lowest BCUT2D eigenvalue weighted by molar-refractivity contribution is -0.137. The van der Waals surface area contributed by atoms with Crippen LogP contribution in [0.15, 0.2) is 47.4 Å². The maximum atomic E-state index is 14.3. The number of carbonyl (C=O) groups excluding carboxylic acids is 1. The molecule has 1 heterocycles. The molecule has 0 atom stereocenters. The molecule has 3 rings (SSSR count). The van der Waals surface area contributed by atoms with Crippen molar-refractivity contribution in [2.45, 2.75) is 30.0 Å². The number of ether oxygens (including phenoxy) is 1. The van der Waals surface area contributed by atoms with E-state index in [4.69, 9.17) is 9.94 Å². The fourth-order valence-electron chi connectivity index (χ4n) is 3.24. The molecular weight excluding hydrogens is 444 g/mol. The van der Waals surface area contributed by atoms with E-state index in [1.807, 2.05) is 0 Å². The zero-order valence-electron chi connectivity index (χ0n) is 15.9. The van der Waals surface area contributed by atoms with Crippen LogP contribution >= 0.6 is 0 Å². The van der Waals surface area contributed by atoms with E-state index in [0.717, 1.165) is 34.6 Å². The van der Waals surface area contributed by atoms with Crippen molar-refractivity contribution in [3.05, 3.63) is 59.4 Å². The molecule has 1 amide bonds. The summed E-state index contributed by atoms with van der Waals surface area (Å²) in [5.74, 6) is -2.09. The molecule has 0 bridgehead atoms. The summed E-state index contributed by atoms with van der Waals surface area (Å²) in [6.07, 6.45) is -4.51. The Morgan fingerprint density at radius 3 is 2.26 bits per heavy atom. The van der Waals surface area contributed by atoms with E-state index in [1.54, 1.807) is 0 Å². The Bertz CT molecular complexity index is 1050. The third kappa shape index (κ3) is 4.97. The van der Waals surface area contributed by atoms with Gasteiger partial charge in [-0.3, -0.25) is 10.0 Å². The number of piperidine rings is 1. The van der Waals surface area contributed by atoms with Gasteiger partial charge >= 0.3 is 6.18 Å². The Kier molecular flexibility index (Phi) is 6.53. The van der Waals surface area contributed by atoms with Gasteiger partial charge in [-0.25, -0.2) is 18.3 Å². The monoisotopic (exact) mass is 462 g/mol. The Morgan fingerprint density at radius 1 is 1.10 bits per heavy atom. The Balaban J connectivity index is 1.70. The molecule has 2 aromatic carbocycles. The van der Waals surface area contributed by atoms with Crippen LogP contribution in [0.3, 0.4) is 0 Å². The van der Waals surface area contributed by atoms with Crippen LogP contribution in [0.2, 0.25) is 0 Å². The van der Waals surface area contributed by atoms with Crippen LogP contribution in [0.5, 0.6) is 5.75 Å². The number of hydrogen-bond acceptors (Lipinski definition) is 5. The van der Waals surface area contributed by atoms with Gasteiger partial charge in [0.1, 0.15) is 22.6 Å². The largest absolute Gasteiger partial charge is 0.490 e. The van der Waals surface area contributed by atoms with Gasteiger partial charge in [0.2, 0.25) is 10.0 Å². The SMILES string of the molecule is O=C(NO)c1cccc(F)c1S(=O)(=O)N1CCC(Oc2ccc(C(F)(F)F)cc2)CC1. The lowest BCUT2D eigenvalue weighted by Gasteiger charge is -2.31. The lowest BCUT2D eigenvalue weighted by atomic mass is 10.1. The summed E-state index contributed by atoms with van der Waals surface area (Å²) in [6, 6.07) is 7.25. The molecule has 31 heavy (non-hydrogen) atoms. The number of nitrogens with zero attached hydrogens (tertiary/aromatic N) is 1. The van der Waals surface area contributed by atoms with E-state index in [-0.39, 0.29) is 31.7 Å². The molecule has 2 aromatic rings. The van der Waals surface area contributed by atoms with Gasteiger partial charge in [-0.05, 0) is 49.2 Å². The number of sulfonamides is 1. The van der Waals surface area contributed by atoms with Crippen molar-refractivity contribution in [1.29, 1.82) is 0 Å². The second-order valence-corrected chi connectivity index (χ2v) is 8.68. The van der Waals surface area contributed by atoms with E-state index in [2.05, 4.69) is 0 Å². The normalized spacial score (nSPS) is 16.2. The number of alkyl halides is 3. The zero-order chi connectivity index (χ0) is 22.8. The molecule has 168 valence electrons. The highest BCUT2D eigenvalue weighted by molar-refractivity contribution is 7.89. The average Bonchev–Trinajstić information content (AvgIpc) is 2.73. The molecule has 1 aliphatic heterocycles. The van der Waals surface area contributed by atoms with Crippen LogP contribution in [0.25, 0.3) is 0 Å². The molecule has 1 saturated heterocycles. The third-order valence-corrected chi connectivity index (χ3v) is 6.77. The van der Waals surface area contributed by atoms with Crippen molar-refractivity contribution >= 4 is 15.9 Å². The van der Waals surface area contributed by atoms with Crippen LogP contribution in [0, 0.1) is 5.82 Å². The van der Waals surface area contributed by atoms with Crippen molar-refractivity contribution in [3.8, 4) is 5.75 Å². The molecule has 2 N–H and O–H groups in total. The first-order chi connectivity index (χ1) is 14.5. The maximum Gasteiger partial charge on any atom is 0.416 e. The molecule has 0 unspecified atom stereocenters. The van der Waals surface area contributed by atoms with Crippen LogP contribution < -0.4 is 10.2 Å². The summed E-state index contributed by atoms with van der Waals surface area (Å²) in [5, 5.41) is 8.81. The number of benzene rings is 2. The molecular formula is C19H18F4N2O5S. The van der Waals surface area contributed by atoms with Gasteiger partial charge in [0.15, 0.2) is 0 Å². The van der Waals surface area contributed by atoms with E-state index < -0.39 is 50.1 Å². The molecule has 1 fully saturated rings. The fourth-order valence-corrected chi connectivity index (χ4v) is 4.95. The second kappa shape index (κ2) is 8.81. The first-order valence-corrected chi connectivity index (χ1v) is 10.5. The molecule has 0 aliphatic carbocycles. The zero-order valence-corrected chi connectivity index (χ0v) is 16.7. The number of halogens is 4. The van der Waals surface area contributed by atoms with Gasteiger partial charge in [0.05, 0.1) is 11.1 Å². The summed E-state index contributed by atoms with van der Waals surface area (Å²) >= 11 is 0. The summed E-state index contributed by atoms with van der Waals surface area (Å²) < 4.78 is 84.7. The number of nitrogens with one attached hydrogen (secondary N) is 1. The Hall–Kier alpha value is -2.70. The predicted octanol–water partition coefficient (Wildman–Crippen LogP) is 3.20. The third-order valence-electron chi connectivity index (χ3n) is 4.80. The van der Waals surface area contributed by atoms with E-state index >= 15 is 0 Å². The first-order valence-electron chi connectivity index (χ1n) is 9.11. The van der Waals surface area contributed by atoms with Crippen molar-refractivity contribution in [2.24, 2.45) is 0 Å². The second-order valence-electron chi connectivity index (χ2n) is 6.80. The quantitative estimate of drug-likeness (QED) is 0.404. The van der Waals surface area contributed by atoms with Crippen LogP contribution in [0.1, 0.15) is 28.8 Å². The van der Waals surface area contributed by atoms with E-state index in [1.165, 1.54) is 17.6 Å². The number of hydrogen-bond donors (Lipinski definition) is 2. The molecule has 7 nitrogen and oxygen atoms in total. The summed E-state index contributed by atoms with van der Waals surface area (Å²) in [6.45, 7) is -0.107. The van der Waals surface area contributed by atoms with Gasteiger partial charge in [0, 0.05) is 13.1 Å². The highest BCUT2D eigenvalue weighted by atomic mass is 32.2. The van der Waals surface area contributed by atoms with Gasteiger partial charge in [-0.2, -0.15) is 17.5 Å². The van der Waals surface area contributed by atoms with Crippen LogP contribution in [-0.2, 0) is 16.2 Å². The minimum Gasteiger partial charge on any atom is -0.490 e. The van der Waals surface area contributed by atoms with E-state index in [0.29, 0.717) is 0 Å². The maximum absolute atomic E-state index is 14.3. The van der Waals surface area contributed by atoms with Crippen molar-refractivity contribution in [2.75, 3.05) is 13.1 Å². The minimum absolute atomic E-state index is 0.0534. The lowest BCUT2D eigenvalue weighted by Crippen LogP contribution is -2.42. The summed E-state index contributed by atoms with van der Waals surface area (Å²) in [7, 11) is -4.39. The van der Waals surface area contributed by atoms with Crippen molar-refractivity contribution in [3.63, 3.8) is 0 Å². The Morgan fingerprint density at radius 2 is 1.71 bits per heavy atom. The van der Waals surface area contributed by atoms with Gasteiger partial charge in [-0.15, -0.1) is 0 Å². The van der Waals surface area contributed by atoms with Crippen LogP contribution in [0.4, 0.5) is 17.6 Å². The van der Waals surface area contributed by atoms with Crippen molar-refractivity contribution < 1.29 is 40.7 Å². The number of rotatable bonds is 5. The standard InChI is InChI=1S/C19H18F4N2O5S/c20-16-3-1-2-15(18(26)24-27)17(16)31(28,29)25-10-8-14(9-11-25)30-13-6-4-12(5-7-13)19(21,22)23/h1-7,14,27H,8-11H2,(H,24,26). The highest BCUT2D eigenvalue weighted by Gasteiger charge is 2.35. The average molecular weight is 462 g/mol. The smallest absolute Gasteiger partial charge is 0.416 e. The highest BCUT2D eigenvalue weighted by Crippen LogP contribution is 2.31. The summed E-state index contributed by atoms with van der Waals surface area (Å²) in [4.78, 5) is 10.9. The Labute approximate surface area is 175 Å². The molecule has 0 saturated carbocycles. The molecule has 12 heteroatoms. The predicted molar refractivity (Wildman–Crippen MR) is 99.5 cm³/mol. The van der Waals surface area contributed by atoms with Gasteiger partial charge in [0.25, 0.3) is 5.91 Å². The van der Waals surface area contributed by atoms with Crippen LogP contribution in [-0.4, -0.2) is 43.0 Å². The molecule has 0 radical (unpaired) electrons. The topological polar surface area (TPSA) is 95.9 Å². The summed E-state index contributed by atoms with van der Waals surface area (Å²) in [5.41, 5.74) is -0.0557. The van der Waals surface area contributed by atoms with Gasteiger partial charge in [-0.1, -0.05) is 6.07 Å². The van der Waals surface area contributed by atoms with E-state index in [9.17, 15) is 30.8 Å². The number of carbonyl (C=O) groups is 1. The number of hydroxylamine groups is 1. The van der Waals surface area contributed by atoms with Gasteiger partial charge < -0.3 is 4.74 Å². The first kappa shape index (κ1) is 23.0.